The maximum atomic E-state index is 13.6. The Hall–Kier alpha value is -1.56. The van der Waals surface area contributed by atoms with Crippen molar-refractivity contribution in [2.75, 3.05) is 26.3 Å². The average molecular weight is 378 g/mol. The Balaban J connectivity index is 1.78. The summed E-state index contributed by atoms with van der Waals surface area (Å²) in [6.45, 7) is 4.08. The van der Waals surface area contributed by atoms with Gasteiger partial charge in [-0.05, 0) is 45.8 Å². The maximum absolute atomic E-state index is 13.6. The van der Waals surface area contributed by atoms with E-state index in [1.807, 2.05) is 18.2 Å². The molecule has 1 heterocycles. The number of hydrogen-bond donors (Lipinski definition) is 0. The summed E-state index contributed by atoms with van der Waals surface area (Å²) in [6.07, 6.45) is 0. The van der Waals surface area contributed by atoms with E-state index in [9.17, 15) is 9.18 Å². The Morgan fingerprint density at radius 3 is 2.61 bits per heavy atom. The van der Waals surface area contributed by atoms with Gasteiger partial charge in [0.15, 0.2) is 5.78 Å². The minimum Gasteiger partial charge on any atom is -0.379 e. The molecule has 3 rings (SSSR count). The molecule has 1 aliphatic heterocycles. The van der Waals surface area contributed by atoms with Crippen molar-refractivity contribution in [2.24, 2.45) is 0 Å². The number of carbonyl (C=O) groups excluding carboxylic acids is 1. The van der Waals surface area contributed by atoms with Crippen molar-refractivity contribution in [1.29, 1.82) is 0 Å². The molecule has 5 heteroatoms. The lowest BCUT2D eigenvalue weighted by atomic mass is 10.0. The minimum atomic E-state index is -0.430. The highest BCUT2D eigenvalue weighted by Gasteiger charge is 2.14. The Kier molecular flexibility index (Phi) is 5.20. The third kappa shape index (κ3) is 4.05. The third-order valence-electron chi connectivity index (χ3n) is 3.88. The lowest BCUT2D eigenvalue weighted by Crippen LogP contribution is -2.35. The van der Waals surface area contributed by atoms with E-state index in [2.05, 4.69) is 20.8 Å². The van der Waals surface area contributed by atoms with Gasteiger partial charge in [-0.2, -0.15) is 0 Å². The summed E-state index contributed by atoms with van der Waals surface area (Å²) in [7, 11) is 0. The Morgan fingerprint density at radius 1 is 1.13 bits per heavy atom. The second kappa shape index (κ2) is 7.34. The molecule has 2 aromatic rings. The van der Waals surface area contributed by atoms with Crippen molar-refractivity contribution in [3.05, 3.63) is 69.4 Å². The molecule has 0 aromatic heterocycles. The van der Waals surface area contributed by atoms with Gasteiger partial charge in [0.25, 0.3) is 0 Å². The summed E-state index contributed by atoms with van der Waals surface area (Å²) in [5.41, 5.74) is 2.02. The quantitative estimate of drug-likeness (QED) is 0.761. The smallest absolute Gasteiger partial charge is 0.193 e. The van der Waals surface area contributed by atoms with Crippen LogP contribution in [-0.2, 0) is 11.3 Å². The average Bonchev–Trinajstić information content (AvgIpc) is 2.58. The van der Waals surface area contributed by atoms with Gasteiger partial charge in [-0.3, -0.25) is 9.69 Å². The van der Waals surface area contributed by atoms with Crippen LogP contribution < -0.4 is 0 Å². The molecule has 0 spiro atoms. The molecule has 0 unspecified atom stereocenters. The molecule has 0 N–H and O–H groups in total. The molecule has 0 amide bonds. The summed E-state index contributed by atoms with van der Waals surface area (Å²) < 4.78 is 19.3. The van der Waals surface area contributed by atoms with Crippen LogP contribution in [0.5, 0.6) is 0 Å². The van der Waals surface area contributed by atoms with E-state index in [0.717, 1.165) is 38.4 Å². The van der Waals surface area contributed by atoms with E-state index in [-0.39, 0.29) is 5.78 Å². The van der Waals surface area contributed by atoms with Gasteiger partial charge < -0.3 is 4.74 Å². The molecule has 1 saturated heterocycles. The summed E-state index contributed by atoms with van der Waals surface area (Å²) >= 11 is 3.10. The monoisotopic (exact) mass is 377 g/mol. The molecule has 23 heavy (non-hydrogen) atoms. The SMILES string of the molecule is O=C(c1cccc(CN2CCOCC2)c1)c1ccc(Br)c(F)c1. The summed E-state index contributed by atoms with van der Waals surface area (Å²) in [5, 5.41) is 0. The highest BCUT2D eigenvalue weighted by atomic mass is 79.9. The zero-order chi connectivity index (χ0) is 16.2. The molecule has 0 bridgehead atoms. The lowest BCUT2D eigenvalue weighted by Gasteiger charge is -2.26. The number of rotatable bonds is 4. The fourth-order valence-corrected chi connectivity index (χ4v) is 2.88. The predicted molar refractivity (Wildman–Crippen MR) is 90.1 cm³/mol. The van der Waals surface area contributed by atoms with Crippen molar-refractivity contribution in [2.45, 2.75) is 6.54 Å². The van der Waals surface area contributed by atoms with Gasteiger partial charge in [0, 0.05) is 30.8 Å². The van der Waals surface area contributed by atoms with Crippen LogP contribution in [-0.4, -0.2) is 37.0 Å². The number of morpholine rings is 1. The third-order valence-corrected chi connectivity index (χ3v) is 4.52. The lowest BCUT2D eigenvalue weighted by molar-refractivity contribution is 0.0342. The molecule has 0 radical (unpaired) electrons. The van der Waals surface area contributed by atoms with E-state index >= 15 is 0 Å². The van der Waals surface area contributed by atoms with E-state index in [1.54, 1.807) is 18.2 Å². The fraction of sp³-hybridized carbons (Fsp3) is 0.278. The van der Waals surface area contributed by atoms with Crippen molar-refractivity contribution in [3.8, 4) is 0 Å². The zero-order valence-corrected chi connectivity index (χ0v) is 14.2. The van der Waals surface area contributed by atoms with Crippen molar-refractivity contribution >= 4 is 21.7 Å². The summed E-state index contributed by atoms with van der Waals surface area (Å²) in [4.78, 5) is 14.8. The molecule has 0 aliphatic carbocycles. The van der Waals surface area contributed by atoms with Crippen LogP contribution in [0.3, 0.4) is 0 Å². The van der Waals surface area contributed by atoms with Gasteiger partial charge in [-0.1, -0.05) is 18.2 Å². The standard InChI is InChI=1S/C18H17BrFNO2/c19-16-5-4-15(11-17(16)20)18(22)14-3-1-2-13(10-14)12-21-6-8-23-9-7-21/h1-5,10-11H,6-9,12H2. The van der Waals surface area contributed by atoms with E-state index in [1.165, 1.54) is 6.07 Å². The van der Waals surface area contributed by atoms with Crippen LogP contribution in [0.25, 0.3) is 0 Å². The number of nitrogens with zero attached hydrogens (tertiary/aromatic N) is 1. The first-order valence-corrected chi connectivity index (χ1v) is 8.31. The largest absolute Gasteiger partial charge is 0.379 e. The van der Waals surface area contributed by atoms with Gasteiger partial charge in [-0.25, -0.2) is 4.39 Å². The Labute approximate surface area is 143 Å². The van der Waals surface area contributed by atoms with Crippen LogP contribution >= 0.6 is 15.9 Å². The molecule has 0 atom stereocenters. The second-order valence-electron chi connectivity index (χ2n) is 5.55. The molecule has 1 aliphatic rings. The number of ether oxygens (including phenoxy) is 1. The van der Waals surface area contributed by atoms with Crippen LogP contribution in [0.15, 0.2) is 46.9 Å². The van der Waals surface area contributed by atoms with Gasteiger partial charge in [0.2, 0.25) is 0 Å². The van der Waals surface area contributed by atoms with Gasteiger partial charge in [-0.15, -0.1) is 0 Å². The predicted octanol–water partition coefficient (Wildman–Crippen LogP) is 3.65. The summed E-state index contributed by atoms with van der Waals surface area (Å²) in [5.74, 6) is -0.597. The first kappa shape index (κ1) is 16.3. The normalized spacial score (nSPS) is 15.6. The number of carbonyl (C=O) groups is 1. The Morgan fingerprint density at radius 2 is 1.87 bits per heavy atom. The molecule has 0 saturated carbocycles. The molecule has 3 nitrogen and oxygen atoms in total. The molecule has 1 fully saturated rings. The van der Waals surface area contributed by atoms with Crippen LogP contribution in [0.2, 0.25) is 0 Å². The second-order valence-corrected chi connectivity index (χ2v) is 6.40. The highest BCUT2D eigenvalue weighted by Crippen LogP contribution is 2.19. The van der Waals surface area contributed by atoms with Crippen LogP contribution in [0, 0.1) is 5.82 Å². The highest BCUT2D eigenvalue weighted by molar-refractivity contribution is 9.10. The molecular formula is C18H17BrFNO2. The Bertz CT molecular complexity index is 714. The number of hydrogen-bond acceptors (Lipinski definition) is 3. The van der Waals surface area contributed by atoms with Crippen LogP contribution in [0.4, 0.5) is 4.39 Å². The topological polar surface area (TPSA) is 29.5 Å². The fourth-order valence-electron chi connectivity index (χ4n) is 2.63. The molecular weight excluding hydrogens is 361 g/mol. The van der Waals surface area contributed by atoms with Gasteiger partial charge in [0.05, 0.1) is 17.7 Å². The van der Waals surface area contributed by atoms with Gasteiger partial charge >= 0.3 is 0 Å². The minimum absolute atomic E-state index is 0.166. The number of halogens is 2. The first-order chi connectivity index (χ1) is 11.1. The van der Waals surface area contributed by atoms with Crippen molar-refractivity contribution < 1.29 is 13.9 Å². The first-order valence-electron chi connectivity index (χ1n) is 7.52. The zero-order valence-electron chi connectivity index (χ0n) is 12.6. The maximum Gasteiger partial charge on any atom is 0.193 e. The van der Waals surface area contributed by atoms with Crippen LogP contribution in [0.1, 0.15) is 21.5 Å². The van der Waals surface area contributed by atoms with Gasteiger partial charge in [0.1, 0.15) is 5.82 Å². The van der Waals surface area contributed by atoms with E-state index in [4.69, 9.17) is 4.74 Å². The molecule has 2 aromatic carbocycles. The van der Waals surface area contributed by atoms with E-state index < -0.39 is 5.82 Å². The number of benzene rings is 2. The molecule has 120 valence electrons. The number of ketones is 1. The van der Waals surface area contributed by atoms with Crippen molar-refractivity contribution in [3.63, 3.8) is 0 Å². The summed E-state index contributed by atoms with van der Waals surface area (Å²) in [6, 6.07) is 12.0. The van der Waals surface area contributed by atoms with Crippen molar-refractivity contribution in [1.82, 2.24) is 4.90 Å². The van der Waals surface area contributed by atoms with E-state index in [0.29, 0.717) is 15.6 Å².